The molecule has 9 nitrogen and oxygen atoms in total. The molecule has 0 unspecified atom stereocenters. The number of ether oxygens (including phenoxy) is 3. The van der Waals surface area contributed by atoms with Gasteiger partial charge >= 0.3 is 11.8 Å². The average Bonchev–Trinajstić information content (AvgIpc) is 3.24. The third kappa shape index (κ3) is 5.58. The van der Waals surface area contributed by atoms with Crippen LogP contribution in [-0.4, -0.2) is 27.8 Å². The van der Waals surface area contributed by atoms with Crippen molar-refractivity contribution in [3.05, 3.63) is 74.9 Å². The molecule has 0 N–H and O–H groups in total. The predicted molar refractivity (Wildman–Crippen MR) is 129 cm³/mol. The number of carbonyl (C=O) groups excluding carboxylic acids is 1. The first-order valence-corrected chi connectivity index (χ1v) is 11.3. The van der Waals surface area contributed by atoms with Gasteiger partial charge < -0.3 is 14.2 Å². The molecule has 3 aromatic rings. The summed E-state index contributed by atoms with van der Waals surface area (Å²) < 4.78 is 31.5. The third-order valence-corrected chi connectivity index (χ3v) is 5.36. The highest BCUT2D eigenvalue weighted by molar-refractivity contribution is 6.30. The molecule has 2 heterocycles. The van der Waals surface area contributed by atoms with Crippen LogP contribution in [0.1, 0.15) is 31.9 Å². The van der Waals surface area contributed by atoms with Crippen molar-refractivity contribution in [1.82, 2.24) is 9.55 Å². The number of hydrogen-bond donors (Lipinski definition) is 0. The van der Waals surface area contributed by atoms with Crippen molar-refractivity contribution in [3.8, 4) is 23.4 Å². The van der Waals surface area contributed by atoms with Gasteiger partial charge in [-0.15, -0.1) is 0 Å². The molecule has 0 spiro atoms. The van der Waals surface area contributed by atoms with Crippen LogP contribution in [0.2, 0.25) is 5.02 Å². The molecule has 0 saturated heterocycles. The zero-order valence-corrected chi connectivity index (χ0v) is 20.5. The molecule has 0 fully saturated rings. The predicted octanol–water partition coefficient (Wildman–Crippen LogP) is 5.03. The van der Waals surface area contributed by atoms with E-state index in [1.54, 1.807) is 39.0 Å². The molecule has 36 heavy (non-hydrogen) atoms. The number of nitrogens with zero attached hydrogens (tertiary/aromatic N) is 4. The van der Waals surface area contributed by atoms with Gasteiger partial charge in [0.2, 0.25) is 5.88 Å². The molecule has 0 bridgehead atoms. The summed E-state index contributed by atoms with van der Waals surface area (Å²) >= 11 is 5.78. The SMILES string of the molecule is CC(C)(C)OC(=O)N1CCn2c1cc(OCc1ccc(Oc3ccc(F)c(Cl)c3)c(C#N)c1)nc2=O. The van der Waals surface area contributed by atoms with E-state index >= 15 is 0 Å². The van der Waals surface area contributed by atoms with E-state index in [1.165, 1.54) is 33.7 Å². The first-order chi connectivity index (χ1) is 17.0. The van der Waals surface area contributed by atoms with Crippen LogP contribution in [0.25, 0.3) is 0 Å². The molecule has 186 valence electrons. The van der Waals surface area contributed by atoms with Crippen LogP contribution in [-0.2, 0) is 17.9 Å². The summed E-state index contributed by atoms with van der Waals surface area (Å²) in [5, 5.41) is 9.45. The topological polar surface area (TPSA) is 107 Å². The Hall–Kier alpha value is -4.10. The van der Waals surface area contributed by atoms with Crippen molar-refractivity contribution in [2.24, 2.45) is 0 Å². The number of nitriles is 1. The van der Waals surface area contributed by atoms with Crippen LogP contribution >= 0.6 is 11.6 Å². The Morgan fingerprint density at radius 2 is 1.97 bits per heavy atom. The van der Waals surface area contributed by atoms with E-state index in [0.29, 0.717) is 17.9 Å². The highest BCUT2D eigenvalue weighted by Gasteiger charge is 2.30. The number of rotatable bonds is 5. The lowest BCUT2D eigenvalue weighted by Crippen LogP contribution is -2.36. The largest absolute Gasteiger partial charge is 0.473 e. The maximum Gasteiger partial charge on any atom is 0.416 e. The van der Waals surface area contributed by atoms with Crippen molar-refractivity contribution in [1.29, 1.82) is 5.26 Å². The van der Waals surface area contributed by atoms with Crippen LogP contribution < -0.4 is 20.1 Å². The van der Waals surface area contributed by atoms with Crippen LogP contribution in [0.4, 0.5) is 15.0 Å². The summed E-state index contributed by atoms with van der Waals surface area (Å²) in [6, 6.07) is 12.2. The molecule has 1 aliphatic rings. The standard InChI is InChI=1S/C25H22ClFN4O5/c1-25(2,3)36-24(33)31-9-8-30-22(31)12-21(29-23(30)32)34-14-15-4-7-20(16(10-15)13-28)35-17-5-6-19(27)18(26)11-17/h4-7,10-12H,8-9,14H2,1-3H3. The lowest BCUT2D eigenvalue weighted by Gasteiger charge is -2.24. The first-order valence-electron chi connectivity index (χ1n) is 11.0. The lowest BCUT2D eigenvalue weighted by molar-refractivity contribution is 0.0584. The van der Waals surface area contributed by atoms with Crippen molar-refractivity contribution in [2.75, 3.05) is 11.4 Å². The molecule has 1 amide bonds. The quantitative estimate of drug-likeness (QED) is 0.471. The van der Waals surface area contributed by atoms with Crippen molar-refractivity contribution < 1.29 is 23.4 Å². The van der Waals surface area contributed by atoms with E-state index in [4.69, 9.17) is 25.8 Å². The van der Waals surface area contributed by atoms with Crippen molar-refractivity contribution in [2.45, 2.75) is 39.5 Å². The second-order valence-electron chi connectivity index (χ2n) is 8.93. The minimum absolute atomic E-state index is 0.000330. The van der Waals surface area contributed by atoms with Crippen LogP contribution in [0.3, 0.4) is 0 Å². The van der Waals surface area contributed by atoms with Crippen LogP contribution in [0.15, 0.2) is 47.3 Å². The number of benzene rings is 2. The van der Waals surface area contributed by atoms with Gasteiger partial charge in [-0.25, -0.2) is 14.0 Å². The molecular formula is C25H22ClFN4O5. The summed E-state index contributed by atoms with van der Waals surface area (Å²) in [5.41, 5.74) is -0.404. The molecule has 1 aromatic heterocycles. The van der Waals surface area contributed by atoms with E-state index in [0.717, 1.165) is 0 Å². The average molecular weight is 513 g/mol. The molecule has 0 aliphatic carbocycles. The Labute approximate surface area is 211 Å². The van der Waals surface area contributed by atoms with Gasteiger partial charge in [-0.1, -0.05) is 17.7 Å². The second-order valence-corrected chi connectivity index (χ2v) is 9.33. The molecule has 11 heteroatoms. The van der Waals surface area contributed by atoms with E-state index < -0.39 is 23.2 Å². The number of anilines is 1. The fraction of sp³-hybridized carbons (Fsp3) is 0.280. The summed E-state index contributed by atoms with van der Waals surface area (Å²) in [7, 11) is 0. The fourth-order valence-corrected chi connectivity index (χ4v) is 3.64. The number of carbonyl (C=O) groups is 1. The Balaban J connectivity index is 1.49. The summed E-state index contributed by atoms with van der Waals surface area (Å²) in [4.78, 5) is 30.3. The van der Waals surface area contributed by atoms with Crippen molar-refractivity contribution in [3.63, 3.8) is 0 Å². The lowest BCUT2D eigenvalue weighted by atomic mass is 10.1. The Morgan fingerprint density at radius 3 is 2.67 bits per heavy atom. The van der Waals surface area contributed by atoms with E-state index in [-0.39, 0.29) is 41.1 Å². The van der Waals surface area contributed by atoms with Crippen LogP contribution in [0.5, 0.6) is 17.4 Å². The molecule has 0 radical (unpaired) electrons. The van der Waals surface area contributed by atoms with Gasteiger partial charge in [0.05, 0.1) is 10.6 Å². The molecule has 4 rings (SSSR count). The first kappa shape index (κ1) is 25.0. The Bertz CT molecular complexity index is 1430. The zero-order chi connectivity index (χ0) is 26.0. The molecule has 0 atom stereocenters. The minimum Gasteiger partial charge on any atom is -0.473 e. The maximum atomic E-state index is 13.4. The van der Waals surface area contributed by atoms with Gasteiger partial charge in [0.25, 0.3) is 0 Å². The van der Waals surface area contributed by atoms with Gasteiger partial charge in [-0.2, -0.15) is 10.2 Å². The van der Waals surface area contributed by atoms with E-state index in [9.17, 15) is 19.2 Å². The summed E-state index contributed by atoms with van der Waals surface area (Å²) in [5.74, 6) is 0.316. The zero-order valence-electron chi connectivity index (χ0n) is 19.7. The number of amides is 1. The number of aromatic nitrogens is 2. The number of halogens is 2. The van der Waals surface area contributed by atoms with Crippen molar-refractivity contribution >= 4 is 23.5 Å². The van der Waals surface area contributed by atoms with Gasteiger partial charge in [0.15, 0.2) is 0 Å². The highest BCUT2D eigenvalue weighted by Crippen LogP contribution is 2.30. The van der Waals surface area contributed by atoms with Gasteiger partial charge in [-0.3, -0.25) is 9.47 Å². The maximum absolute atomic E-state index is 13.4. The molecule has 0 saturated carbocycles. The smallest absolute Gasteiger partial charge is 0.416 e. The number of hydrogen-bond acceptors (Lipinski definition) is 7. The summed E-state index contributed by atoms with van der Waals surface area (Å²) in [6.45, 7) is 5.86. The van der Waals surface area contributed by atoms with E-state index in [2.05, 4.69) is 4.98 Å². The monoisotopic (exact) mass is 512 g/mol. The third-order valence-electron chi connectivity index (χ3n) is 5.07. The molecule has 2 aromatic carbocycles. The Morgan fingerprint density at radius 1 is 1.19 bits per heavy atom. The fourth-order valence-electron chi connectivity index (χ4n) is 3.47. The minimum atomic E-state index is -0.686. The van der Waals surface area contributed by atoms with Gasteiger partial charge in [0, 0.05) is 25.2 Å². The van der Waals surface area contributed by atoms with Gasteiger partial charge in [0.1, 0.15) is 41.4 Å². The Kier molecular flexibility index (Phi) is 6.86. The molecule has 1 aliphatic heterocycles. The van der Waals surface area contributed by atoms with E-state index in [1.807, 2.05) is 6.07 Å². The second kappa shape index (κ2) is 9.87. The number of fused-ring (bicyclic) bond motifs is 1. The summed E-state index contributed by atoms with van der Waals surface area (Å²) in [6.07, 6.45) is -0.568. The highest BCUT2D eigenvalue weighted by atomic mass is 35.5. The molecular weight excluding hydrogens is 491 g/mol. The normalized spacial score (nSPS) is 12.6. The van der Waals surface area contributed by atoms with Crippen LogP contribution in [0, 0.1) is 17.1 Å². The van der Waals surface area contributed by atoms with Gasteiger partial charge in [-0.05, 0) is 50.6 Å².